The number of hydrogen-bond donors (Lipinski definition) is 1. The second-order valence-corrected chi connectivity index (χ2v) is 8.90. The molecule has 2 atom stereocenters. The Balaban J connectivity index is 2.83. The highest BCUT2D eigenvalue weighted by Crippen LogP contribution is 2.23. The summed E-state index contributed by atoms with van der Waals surface area (Å²) in [5, 5.41) is 6.53. The van der Waals surface area contributed by atoms with Gasteiger partial charge in [0.2, 0.25) is 0 Å². The molecule has 6 nitrogen and oxygen atoms in total. The highest BCUT2D eigenvalue weighted by molar-refractivity contribution is 7.96. The predicted octanol–water partition coefficient (Wildman–Crippen LogP) is -0.548. The van der Waals surface area contributed by atoms with Crippen molar-refractivity contribution in [2.24, 2.45) is 0 Å². The molecule has 1 heterocycles. The Morgan fingerprint density at radius 1 is 1.50 bits per heavy atom. The molecule has 1 saturated heterocycles. The number of carbonyl (C=O) groups is 1. The summed E-state index contributed by atoms with van der Waals surface area (Å²) in [6, 6.07) is 0. The van der Waals surface area contributed by atoms with E-state index in [2.05, 4.69) is 0 Å². The van der Waals surface area contributed by atoms with Gasteiger partial charge in [-0.15, -0.1) is 0 Å². The molecule has 0 aliphatic carbocycles. The fourth-order valence-electron chi connectivity index (χ4n) is 1.71. The molecule has 0 radical (unpaired) electrons. The van der Waals surface area contributed by atoms with Crippen molar-refractivity contribution in [3.8, 4) is 0 Å². The molecule has 0 bridgehead atoms. The van der Waals surface area contributed by atoms with Crippen LogP contribution >= 0.6 is 0 Å². The molecule has 1 rings (SSSR count). The standard InChI is InChI=1S/C8H14O6S2/c1-6(4-8(9)10)16(13,14)7-2-3-15(11,12)5-7/h6-7H,2-5H2,1H3,(H,9,10). The molecule has 0 aromatic heterocycles. The molecule has 0 spiro atoms. The van der Waals surface area contributed by atoms with Crippen molar-refractivity contribution < 1.29 is 26.7 Å². The first-order chi connectivity index (χ1) is 7.15. The summed E-state index contributed by atoms with van der Waals surface area (Å²) >= 11 is 0. The van der Waals surface area contributed by atoms with Crippen molar-refractivity contribution in [2.45, 2.75) is 30.3 Å². The molecule has 2 unspecified atom stereocenters. The van der Waals surface area contributed by atoms with Gasteiger partial charge in [-0.1, -0.05) is 0 Å². The van der Waals surface area contributed by atoms with Crippen molar-refractivity contribution in [3.63, 3.8) is 0 Å². The Bertz CT molecular complexity index is 475. The van der Waals surface area contributed by atoms with E-state index in [9.17, 15) is 21.6 Å². The molecule has 1 fully saturated rings. The molecule has 0 aromatic rings. The lowest BCUT2D eigenvalue weighted by molar-refractivity contribution is -0.136. The van der Waals surface area contributed by atoms with Crippen molar-refractivity contribution >= 4 is 25.6 Å². The third kappa shape index (κ3) is 2.94. The Labute approximate surface area is 94.5 Å². The van der Waals surface area contributed by atoms with Crippen LogP contribution in [0.4, 0.5) is 0 Å². The largest absolute Gasteiger partial charge is 0.481 e. The summed E-state index contributed by atoms with van der Waals surface area (Å²) in [5.41, 5.74) is 0. The summed E-state index contributed by atoms with van der Waals surface area (Å²) in [6.45, 7) is 1.30. The maximum absolute atomic E-state index is 11.8. The highest BCUT2D eigenvalue weighted by atomic mass is 32.2. The first kappa shape index (κ1) is 13.4. The van der Waals surface area contributed by atoms with Crippen molar-refractivity contribution in [3.05, 3.63) is 0 Å². The van der Waals surface area contributed by atoms with E-state index in [1.807, 2.05) is 0 Å². The molecule has 8 heteroatoms. The van der Waals surface area contributed by atoms with Gasteiger partial charge < -0.3 is 5.11 Å². The first-order valence-electron chi connectivity index (χ1n) is 4.80. The van der Waals surface area contributed by atoms with Crippen LogP contribution in [0.25, 0.3) is 0 Å². The van der Waals surface area contributed by atoms with E-state index < -0.39 is 42.6 Å². The van der Waals surface area contributed by atoms with Gasteiger partial charge in [0, 0.05) is 0 Å². The van der Waals surface area contributed by atoms with Gasteiger partial charge in [-0.05, 0) is 13.3 Å². The second kappa shape index (κ2) is 4.33. The molecule has 1 N–H and O–H groups in total. The molecule has 1 aliphatic heterocycles. The van der Waals surface area contributed by atoms with E-state index >= 15 is 0 Å². The average Bonchev–Trinajstić information content (AvgIpc) is 2.45. The number of aliphatic carboxylic acids is 1. The zero-order valence-corrected chi connectivity index (χ0v) is 10.4. The van der Waals surface area contributed by atoms with Gasteiger partial charge in [0.25, 0.3) is 0 Å². The normalized spacial score (nSPS) is 26.4. The van der Waals surface area contributed by atoms with E-state index in [1.54, 1.807) is 0 Å². The molecule has 1 aliphatic rings. The van der Waals surface area contributed by atoms with Gasteiger partial charge in [0.15, 0.2) is 19.7 Å². The lowest BCUT2D eigenvalue weighted by Crippen LogP contribution is -2.32. The second-order valence-electron chi connectivity index (χ2n) is 4.02. The van der Waals surface area contributed by atoms with Crippen LogP contribution < -0.4 is 0 Å². The van der Waals surface area contributed by atoms with Gasteiger partial charge >= 0.3 is 5.97 Å². The van der Waals surface area contributed by atoms with Crippen LogP contribution in [0.2, 0.25) is 0 Å². The van der Waals surface area contributed by atoms with E-state index in [-0.39, 0.29) is 17.9 Å². The first-order valence-corrected chi connectivity index (χ1v) is 8.23. The third-order valence-electron chi connectivity index (χ3n) is 2.68. The Morgan fingerprint density at radius 2 is 2.06 bits per heavy atom. The average molecular weight is 270 g/mol. The van der Waals surface area contributed by atoms with Gasteiger partial charge in [-0.25, -0.2) is 16.8 Å². The monoisotopic (exact) mass is 270 g/mol. The van der Waals surface area contributed by atoms with Gasteiger partial charge in [0.05, 0.1) is 28.4 Å². The zero-order chi connectivity index (χ0) is 12.6. The predicted molar refractivity (Wildman–Crippen MR) is 57.7 cm³/mol. The van der Waals surface area contributed by atoms with E-state index in [0.717, 1.165) is 0 Å². The van der Waals surface area contributed by atoms with E-state index in [4.69, 9.17) is 5.11 Å². The lowest BCUT2D eigenvalue weighted by Gasteiger charge is -2.15. The number of sulfone groups is 2. The van der Waals surface area contributed by atoms with E-state index in [1.165, 1.54) is 6.92 Å². The SMILES string of the molecule is CC(CC(=O)O)S(=O)(=O)C1CCS(=O)(=O)C1. The van der Waals surface area contributed by atoms with Crippen molar-refractivity contribution in [1.29, 1.82) is 0 Å². The molecule has 0 saturated carbocycles. The van der Waals surface area contributed by atoms with Crippen molar-refractivity contribution in [2.75, 3.05) is 11.5 Å². The van der Waals surface area contributed by atoms with Crippen LogP contribution in [0, 0.1) is 0 Å². The smallest absolute Gasteiger partial charge is 0.304 e. The maximum Gasteiger partial charge on any atom is 0.304 e. The lowest BCUT2D eigenvalue weighted by atomic mass is 10.3. The van der Waals surface area contributed by atoms with Crippen LogP contribution in [0.5, 0.6) is 0 Å². The maximum atomic E-state index is 11.8. The van der Waals surface area contributed by atoms with Gasteiger partial charge in [0.1, 0.15) is 0 Å². The van der Waals surface area contributed by atoms with Gasteiger partial charge in [-0.3, -0.25) is 4.79 Å². The highest BCUT2D eigenvalue weighted by Gasteiger charge is 2.40. The van der Waals surface area contributed by atoms with Crippen LogP contribution in [-0.2, 0) is 24.5 Å². The molecular formula is C8H14O6S2. The summed E-state index contributed by atoms with van der Waals surface area (Å²) in [5.74, 6) is -1.70. The van der Waals surface area contributed by atoms with Crippen LogP contribution in [0.1, 0.15) is 19.8 Å². The minimum Gasteiger partial charge on any atom is -0.481 e. The van der Waals surface area contributed by atoms with Gasteiger partial charge in [-0.2, -0.15) is 0 Å². The Hall–Kier alpha value is -0.630. The topological polar surface area (TPSA) is 106 Å². The summed E-state index contributed by atoms with van der Waals surface area (Å²) < 4.78 is 46.0. The van der Waals surface area contributed by atoms with Crippen LogP contribution in [0.15, 0.2) is 0 Å². The van der Waals surface area contributed by atoms with Crippen molar-refractivity contribution in [1.82, 2.24) is 0 Å². The molecule has 16 heavy (non-hydrogen) atoms. The molecule has 94 valence electrons. The number of carboxylic acids is 1. The quantitative estimate of drug-likeness (QED) is 0.735. The summed E-state index contributed by atoms with van der Waals surface area (Å²) in [7, 11) is -6.93. The molecular weight excluding hydrogens is 256 g/mol. The Kier molecular flexibility index (Phi) is 3.63. The minimum atomic E-state index is -3.66. The third-order valence-corrected chi connectivity index (χ3v) is 7.28. The number of hydrogen-bond acceptors (Lipinski definition) is 5. The van der Waals surface area contributed by atoms with Crippen LogP contribution in [-0.4, -0.2) is 49.9 Å². The molecule has 0 amide bonds. The fraction of sp³-hybridized carbons (Fsp3) is 0.875. The minimum absolute atomic E-state index is 0.0780. The number of rotatable bonds is 4. The fourth-order valence-corrected chi connectivity index (χ4v) is 6.26. The Morgan fingerprint density at radius 3 is 2.44 bits per heavy atom. The summed E-state index contributed by atoms with van der Waals surface area (Å²) in [4.78, 5) is 10.4. The number of carboxylic acid groups (broad SMARTS) is 1. The van der Waals surface area contributed by atoms with Crippen LogP contribution in [0.3, 0.4) is 0 Å². The summed E-state index contributed by atoms with van der Waals surface area (Å²) in [6.07, 6.45) is -0.409. The van der Waals surface area contributed by atoms with E-state index in [0.29, 0.717) is 0 Å². The zero-order valence-electron chi connectivity index (χ0n) is 8.79. The molecule has 0 aromatic carbocycles.